The Hall–Kier alpha value is -3.39. The van der Waals surface area contributed by atoms with Crippen molar-refractivity contribution in [1.29, 1.82) is 0 Å². The molecule has 8 nitrogen and oxygen atoms in total. The van der Waals surface area contributed by atoms with Crippen molar-refractivity contribution in [1.82, 2.24) is 10.6 Å². The lowest BCUT2D eigenvalue weighted by Crippen LogP contribution is -2.47. The molecular formula is C26H30N2O6. The number of amides is 2. The lowest BCUT2D eigenvalue weighted by Gasteiger charge is -2.21. The number of carboxylic acids is 1. The summed E-state index contributed by atoms with van der Waals surface area (Å²) in [6.07, 6.45) is 1.58. The van der Waals surface area contributed by atoms with Crippen LogP contribution in [0.3, 0.4) is 0 Å². The molecule has 0 saturated heterocycles. The number of fused-ring (bicyclic) bond motifs is 3. The van der Waals surface area contributed by atoms with Crippen LogP contribution in [-0.2, 0) is 14.3 Å². The SMILES string of the molecule is CC(O)(CNC(=O)CC(CNC(=O)OCC1c2ccccc2-c2ccccc21)C1CC1)C(=O)O. The van der Waals surface area contributed by atoms with Crippen molar-refractivity contribution in [2.75, 3.05) is 19.7 Å². The molecule has 2 unspecified atom stereocenters. The lowest BCUT2D eigenvalue weighted by atomic mass is 9.98. The van der Waals surface area contributed by atoms with Gasteiger partial charge in [0.1, 0.15) is 6.61 Å². The number of carbonyl (C=O) groups excluding carboxylic acids is 2. The average molecular weight is 467 g/mol. The maximum absolute atomic E-state index is 12.5. The van der Waals surface area contributed by atoms with Crippen molar-refractivity contribution in [3.05, 3.63) is 59.7 Å². The Balaban J connectivity index is 1.28. The first kappa shape index (κ1) is 23.8. The van der Waals surface area contributed by atoms with Gasteiger partial charge in [0.2, 0.25) is 5.91 Å². The molecule has 2 aromatic rings. The molecular weight excluding hydrogens is 436 g/mol. The quantitative estimate of drug-likeness (QED) is 0.427. The summed E-state index contributed by atoms with van der Waals surface area (Å²) in [6, 6.07) is 16.3. The Morgan fingerprint density at radius 2 is 1.62 bits per heavy atom. The average Bonchev–Trinajstić information content (AvgIpc) is 3.62. The summed E-state index contributed by atoms with van der Waals surface area (Å²) in [6.45, 7) is 1.27. The number of alkyl carbamates (subject to hydrolysis) is 1. The fourth-order valence-electron chi connectivity index (χ4n) is 4.49. The smallest absolute Gasteiger partial charge is 0.407 e. The highest BCUT2D eigenvalue weighted by atomic mass is 16.5. The predicted molar refractivity (Wildman–Crippen MR) is 125 cm³/mol. The standard InChI is InChI=1S/C26H30N2O6/c1-26(33,24(30)31)15-28-23(29)12-17(16-10-11-16)13-27-25(32)34-14-22-20-8-4-2-6-18(20)19-7-3-5-9-21(19)22/h2-9,16-17,22,33H,10-15H2,1H3,(H,27,32)(H,28,29)(H,30,31). The first-order valence-electron chi connectivity index (χ1n) is 11.6. The second-order valence-electron chi connectivity index (χ2n) is 9.36. The maximum atomic E-state index is 12.5. The van der Waals surface area contributed by atoms with Crippen LogP contribution in [0.4, 0.5) is 4.79 Å². The van der Waals surface area contributed by atoms with Gasteiger partial charge in [0.25, 0.3) is 0 Å². The third kappa shape index (κ3) is 5.39. The van der Waals surface area contributed by atoms with E-state index in [1.807, 2.05) is 24.3 Å². The topological polar surface area (TPSA) is 125 Å². The van der Waals surface area contributed by atoms with Crippen LogP contribution in [-0.4, -0.2) is 53.5 Å². The van der Waals surface area contributed by atoms with E-state index in [-0.39, 0.29) is 37.3 Å². The number of aliphatic hydroxyl groups is 1. The van der Waals surface area contributed by atoms with Crippen molar-refractivity contribution in [3.63, 3.8) is 0 Å². The number of hydrogen-bond donors (Lipinski definition) is 4. The highest BCUT2D eigenvalue weighted by molar-refractivity contribution is 5.81. The van der Waals surface area contributed by atoms with Crippen LogP contribution in [0.15, 0.2) is 48.5 Å². The molecule has 2 aliphatic carbocycles. The van der Waals surface area contributed by atoms with Gasteiger partial charge in [0.05, 0.1) is 6.54 Å². The normalized spacial score (nSPS) is 17.1. The highest BCUT2D eigenvalue weighted by Crippen LogP contribution is 2.44. The molecule has 1 saturated carbocycles. The number of ether oxygens (including phenoxy) is 1. The number of carbonyl (C=O) groups is 3. The Bertz CT molecular complexity index is 1030. The Morgan fingerprint density at radius 3 is 2.18 bits per heavy atom. The first-order chi connectivity index (χ1) is 16.3. The molecule has 0 bridgehead atoms. The summed E-state index contributed by atoms with van der Waals surface area (Å²) < 4.78 is 5.56. The summed E-state index contributed by atoms with van der Waals surface area (Å²) >= 11 is 0. The maximum Gasteiger partial charge on any atom is 0.407 e. The molecule has 1 fully saturated rings. The monoisotopic (exact) mass is 466 g/mol. The molecule has 0 aromatic heterocycles. The van der Waals surface area contributed by atoms with Gasteiger partial charge in [-0.15, -0.1) is 0 Å². The van der Waals surface area contributed by atoms with E-state index in [2.05, 4.69) is 34.9 Å². The summed E-state index contributed by atoms with van der Waals surface area (Å²) in [5, 5.41) is 24.0. The third-order valence-corrected chi connectivity index (χ3v) is 6.68. The molecule has 34 heavy (non-hydrogen) atoms. The molecule has 0 radical (unpaired) electrons. The van der Waals surface area contributed by atoms with Gasteiger partial charge in [0.15, 0.2) is 5.60 Å². The van der Waals surface area contributed by atoms with Gasteiger partial charge in [-0.2, -0.15) is 0 Å². The second kappa shape index (κ2) is 9.85. The van der Waals surface area contributed by atoms with Crippen molar-refractivity contribution >= 4 is 18.0 Å². The molecule has 2 amide bonds. The number of benzene rings is 2. The van der Waals surface area contributed by atoms with E-state index in [0.717, 1.165) is 42.0 Å². The molecule has 2 aliphatic rings. The van der Waals surface area contributed by atoms with Crippen LogP contribution in [0.25, 0.3) is 11.1 Å². The molecule has 0 aliphatic heterocycles. The number of rotatable bonds is 10. The minimum Gasteiger partial charge on any atom is -0.479 e. The number of hydrogen-bond acceptors (Lipinski definition) is 5. The van der Waals surface area contributed by atoms with E-state index >= 15 is 0 Å². The van der Waals surface area contributed by atoms with E-state index in [1.54, 1.807) is 0 Å². The van der Waals surface area contributed by atoms with Gasteiger partial charge in [-0.25, -0.2) is 9.59 Å². The van der Waals surface area contributed by atoms with Gasteiger partial charge in [-0.1, -0.05) is 48.5 Å². The van der Waals surface area contributed by atoms with E-state index < -0.39 is 17.7 Å². The zero-order valence-electron chi connectivity index (χ0n) is 19.1. The fourth-order valence-corrected chi connectivity index (χ4v) is 4.49. The Labute approximate surface area is 198 Å². The zero-order chi connectivity index (χ0) is 24.3. The van der Waals surface area contributed by atoms with Crippen molar-refractivity contribution < 1.29 is 29.3 Å². The lowest BCUT2D eigenvalue weighted by molar-refractivity contribution is -0.156. The van der Waals surface area contributed by atoms with Crippen molar-refractivity contribution in [3.8, 4) is 11.1 Å². The Morgan fingerprint density at radius 1 is 1.03 bits per heavy atom. The van der Waals surface area contributed by atoms with Gasteiger partial charge in [-0.05, 0) is 53.9 Å². The van der Waals surface area contributed by atoms with Crippen LogP contribution >= 0.6 is 0 Å². The van der Waals surface area contributed by atoms with Crippen molar-refractivity contribution in [2.24, 2.45) is 11.8 Å². The number of nitrogens with one attached hydrogen (secondary N) is 2. The number of aliphatic carboxylic acids is 1. The molecule has 2 atom stereocenters. The zero-order valence-corrected chi connectivity index (χ0v) is 19.1. The summed E-state index contributed by atoms with van der Waals surface area (Å²) in [5.41, 5.74) is 2.58. The highest BCUT2D eigenvalue weighted by Gasteiger charge is 2.35. The van der Waals surface area contributed by atoms with E-state index in [4.69, 9.17) is 9.84 Å². The largest absolute Gasteiger partial charge is 0.479 e. The molecule has 0 heterocycles. The number of carboxylic acid groups (broad SMARTS) is 1. The van der Waals surface area contributed by atoms with Crippen molar-refractivity contribution in [2.45, 2.75) is 37.7 Å². The van der Waals surface area contributed by atoms with Gasteiger partial charge >= 0.3 is 12.1 Å². The molecule has 4 N–H and O–H groups in total. The Kier molecular flexibility index (Phi) is 6.88. The van der Waals surface area contributed by atoms with Crippen LogP contribution in [0.2, 0.25) is 0 Å². The summed E-state index contributed by atoms with van der Waals surface area (Å²) in [5.74, 6) is -1.52. The van der Waals surface area contributed by atoms with Gasteiger partial charge in [0, 0.05) is 18.9 Å². The second-order valence-corrected chi connectivity index (χ2v) is 9.36. The summed E-state index contributed by atoms with van der Waals surface area (Å²) in [4.78, 5) is 35.7. The van der Waals surface area contributed by atoms with Crippen LogP contribution < -0.4 is 10.6 Å². The van der Waals surface area contributed by atoms with Crippen LogP contribution in [0, 0.1) is 11.8 Å². The van der Waals surface area contributed by atoms with Crippen LogP contribution in [0.5, 0.6) is 0 Å². The fraction of sp³-hybridized carbons (Fsp3) is 0.423. The van der Waals surface area contributed by atoms with Crippen LogP contribution in [0.1, 0.15) is 43.2 Å². The molecule has 8 heteroatoms. The predicted octanol–water partition coefficient (Wildman–Crippen LogP) is 2.89. The van der Waals surface area contributed by atoms with E-state index in [9.17, 15) is 19.5 Å². The molecule has 180 valence electrons. The minimum absolute atomic E-state index is 0.0230. The summed E-state index contributed by atoms with van der Waals surface area (Å²) in [7, 11) is 0. The minimum atomic E-state index is -2.02. The molecule has 0 spiro atoms. The van der Waals surface area contributed by atoms with Gasteiger partial charge < -0.3 is 25.6 Å². The molecule has 2 aromatic carbocycles. The van der Waals surface area contributed by atoms with E-state index in [0.29, 0.717) is 12.5 Å². The van der Waals surface area contributed by atoms with E-state index in [1.165, 1.54) is 0 Å². The first-order valence-corrected chi connectivity index (χ1v) is 11.6. The van der Waals surface area contributed by atoms with Gasteiger partial charge in [-0.3, -0.25) is 4.79 Å². The third-order valence-electron chi connectivity index (χ3n) is 6.68. The molecule has 4 rings (SSSR count).